The van der Waals surface area contributed by atoms with Gasteiger partial charge in [0.15, 0.2) is 0 Å². The molecular formula is C39H52N4O7. The normalized spacial score (nSPS) is 18.2. The lowest BCUT2D eigenvalue weighted by atomic mass is 9.85. The lowest BCUT2D eigenvalue weighted by molar-refractivity contribution is -0.131. The van der Waals surface area contributed by atoms with Gasteiger partial charge in [0.1, 0.15) is 23.4 Å². The fourth-order valence-electron chi connectivity index (χ4n) is 6.05. The molecule has 6 atom stereocenters. The van der Waals surface area contributed by atoms with Crippen LogP contribution < -0.4 is 26.0 Å². The third-order valence-corrected chi connectivity index (χ3v) is 8.64. The van der Waals surface area contributed by atoms with Gasteiger partial charge >= 0.3 is 6.09 Å². The predicted molar refractivity (Wildman–Crippen MR) is 191 cm³/mol. The molecular weight excluding hydrogens is 636 g/mol. The van der Waals surface area contributed by atoms with Gasteiger partial charge in [0, 0.05) is 13.0 Å². The summed E-state index contributed by atoms with van der Waals surface area (Å²) in [5, 5.41) is 34.9. The van der Waals surface area contributed by atoms with Crippen LogP contribution in [0.25, 0.3) is 0 Å². The van der Waals surface area contributed by atoms with Crippen molar-refractivity contribution < 1.29 is 34.1 Å². The van der Waals surface area contributed by atoms with Gasteiger partial charge in [-0.1, -0.05) is 87.5 Å². The minimum atomic E-state index is -1.45. The van der Waals surface area contributed by atoms with Gasteiger partial charge in [0.2, 0.25) is 11.8 Å². The molecule has 6 N–H and O–H groups in total. The van der Waals surface area contributed by atoms with Gasteiger partial charge in [0.25, 0.3) is 0 Å². The Morgan fingerprint density at radius 2 is 1.48 bits per heavy atom. The van der Waals surface area contributed by atoms with Gasteiger partial charge < -0.3 is 35.6 Å². The van der Waals surface area contributed by atoms with Crippen LogP contribution in [0.3, 0.4) is 0 Å². The molecule has 4 rings (SSSR count). The van der Waals surface area contributed by atoms with Crippen molar-refractivity contribution in [2.75, 3.05) is 7.11 Å². The second-order valence-electron chi connectivity index (χ2n) is 14.9. The molecule has 0 bridgehead atoms. The van der Waals surface area contributed by atoms with Gasteiger partial charge in [-0.3, -0.25) is 14.9 Å². The average Bonchev–Trinajstić information content (AvgIpc) is 3.37. The van der Waals surface area contributed by atoms with E-state index in [0.717, 1.165) is 22.3 Å². The van der Waals surface area contributed by atoms with Gasteiger partial charge in [-0.15, -0.1) is 0 Å². The summed E-state index contributed by atoms with van der Waals surface area (Å²) in [5.41, 5.74) is 1.89. The summed E-state index contributed by atoms with van der Waals surface area (Å²) < 4.78 is 10.7. The predicted octanol–water partition coefficient (Wildman–Crippen LogP) is 3.96. The Bertz CT molecular complexity index is 1580. The molecule has 3 aromatic rings. The summed E-state index contributed by atoms with van der Waals surface area (Å²) in [5.74, 6) is -0.410. The molecule has 0 aliphatic heterocycles. The fourth-order valence-corrected chi connectivity index (χ4v) is 6.05. The number of rotatable bonds is 13. The van der Waals surface area contributed by atoms with E-state index < -0.39 is 65.3 Å². The number of fused-ring (bicyclic) bond motifs is 1. The van der Waals surface area contributed by atoms with E-state index in [4.69, 9.17) is 9.47 Å². The van der Waals surface area contributed by atoms with E-state index in [1.54, 1.807) is 40.0 Å². The Labute approximate surface area is 295 Å². The summed E-state index contributed by atoms with van der Waals surface area (Å²) in [6, 6.07) is 20.2. The van der Waals surface area contributed by atoms with Gasteiger partial charge in [-0.25, -0.2) is 4.79 Å². The highest BCUT2D eigenvalue weighted by molar-refractivity contribution is 5.87. The number of amides is 3. The number of carbonyl (C=O) groups is 3. The number of ether oxygens (including phenoxy) is 2. The minimum absolute atomic E-state index is 0.180. The van der Waals surface area contributed by atoms with Crippen molar-refractivity contribution >= 4 is 17.9 Å². The highest BCUT2D eigenvalue weighted by Crippen LogP contribution is 2.31. The van der Waals surface area contributed by atoms with Gasteiger partial charge in [-0.2, -0.15) is 0 Å². The molecule has 0 saturated heterocycles. The standard InChI is InChI=1S/C39H52N4O7/c1-38(2,3)34(43-37(48)50-39(4,5)6)36(47)41-29(21-24-13-9-8-10-14-24)33(45)32(40-23-25-17-19-27(49-7)20-18-25)35(46)42-31-28-16-12-11-15-26(28)22-30(31)44/h8-20,29-34,40,44-45H,21-23H2,1-7H3,(H,41,47)(H,42,46)(H,43,48)/t29-,30?,31-,32+,33+,34+/m0/s1. The second kappa shape index (κ2) is 16.5. The molecule has 1 aliphatic rings. The largest absolute Gasteiger partial charge is 0.497 e. The summed E-state index contributed by atoms with van der Waals surface area (Å²) >= 11 is 0. The molecule has 1 aliphatic carbocycles. The van der Waals surface area contributed by atoms with Crippen LogP contribution in [-0.2, 0) is 33.7 Å². The number of carbonyl (C=O) groups excluding carboxylic acids is 3. The monoisotopic (exact) mass is 688 g/mol. The van der Waals surface area contributed by atoms with Crippen LogP contribution in [0.5, 0.6) is 5.75 Å². The van der Waals surface area contributed by atoms with Crippen LogP contribution in [0.1, 0.15) is 69.8 Å². The number of methoxy groups -OCH3 is 1. The molecule has 11 nitrogen and oxygen atoms in total. The zero-order valence-electron chi connectivity index (χ0n) is 30.0. The molecule has 11 heteroatoms. The highest BCUT2D eigenvalue weighted by Gasteiger charge is 2.40. The van der Waals surface area contributed by atoms with Crippen LogP contribution in [0.4, 0.5) is 4.79 Å². The molecule has 0 spiro atoms. The Kier molecular flexibility index (Phi) is 12.7. The third kappa shape index (κ3) is 10.5. The number of hydrogen-bond acceptors (Lipinski definition) is 8. The minimum Gasteiger partial charge on any atom is -0.497 e. The first-order chi connectivity index (χ1) is 23.6. The SMILES string of the molecule is COc1ccc(CN[C@@H](C(=O)N[C@H]2c3ccccc3CC2O)[C@H](O)[C@H](Cc2ccccc2)NC(=O)[C@@H](NC(=O)OC(C)(C)C)C(C)(C)C)cc1. The summed E-state index contributed by atoms with van der Waals surface area (Å²) in [6.45, 7) is 10.9. The molecule has 50 heavy (non-hydrogen) atoms. The van der Waals surface area contributed by atoms with Crippen molar-refractivity contribution in [2.45, 2.75) is 103 Å². The molecule has 1 unspecified atom stereocenters. The third-order valence-electron chi connectivity index (χ3n) is 8.64. The zero-order valence-corrected chi connectivity index (χ0v) is 30.0. The van der Waals surface area contributed by atoms with E-state index in [1.165, 1.54) is 0 Å². The number of aliphatic hydroxyl groups is 2. The molecule has 3 aromatic carbocycles. The molecule has 0 saturated carbocycles. The number of aliphatic hydroxyl groups excluding tert-OH is 2. The van der Waals surface area contributed by atoms with Crippen molar-refractivity contribution in [3.63, 3.8) is 0 Å². The number of hydrogen-bond donors (Lipinski definition) is 6. The molecule has 0 radical (unpaired) electrons. The Morgan fingerprint density at radius 3 is 2.10 bits per heavy atom. The van der Waals surface area contributed by atoms with E-state index in [0.29, 0.717) is 12.2 Å². The maximum Gasteiger partial charge on any atom is 0.408 e. The van der Waals surface area contributed by atoms with E-state index in [2.05, 4.69) is 21.3 Å². The average molecular weight is 689 g/mol. The maximum atomic E-state index is 14.2. The first-order valence-corrected chi connectivity index (χ1v) is 17.0. The summed E-state index contributed by atoms with van der Waals surface area (Å²) in [4.78, 5) is 41.0. The summed E-state index contributed by atoms with van der Waals surface area (Å²) in [6.07, 6.45) is -2.48. The van der Waals surface area contributed by atoms with Crippen LogP contribution in [0, 0.1) is 5.41 Å². The smallest absolute Gasteiger partial charge is 0.408 e. The molecule has 270 valence electrons. The van der Waals surface area contributed by atoms with Crippen LogP contribution in [-0.4, -0.2) is 71.2 Å². The van der Waals surface area contributed by atoms with Crippen molar-refractivity contribution in [3.8, 4) is 5.75 Å². The van der Waals surface area contributed by atoms with Crippen LogP contribution in [0.15, 0.2) is 78.9 Å². The van der Waals surface area contributed by atoms with E-state index >= 15 is 0 Å². The number of benzene rings is 3. The Morgan fingerprint density at radius 1 is 0.840 bits per heavy atom. The molecule has 0 aromatic heterocycles. The zero-order chi connectivity index (χ0) is 36.6. The van der Waals surface area contributed by atoms with Crippen molar-refractivity contribution in [2.24, 2.45) is 5.41 Å². The van der Waals surface area contributed by atoms with Crippen LogP contribution >= 0.6 is 0 Å². The van der Waals surface area contributed by atoms with Crippen molar-refractivity contribution in [3.05, 3.63) is 101 Å². The van der Waals surface area contributed by atoms with E-state index in [1.807, 2.05) is 87.5 Å². The summed E-state index contributed by atoms with van der Waals surface area (Å²) in [7, 11) is 1.58. The van der Waals surface area contributed by atoms with Crippen molar-refractivity contribution in [1.82, 2.24) is 21.3 Å². The lowest BCUT2D eigenvalue weighted by Gasteiger charge is -2.35. The second-order valence-corrected chi connectivity index (χ2v) is 14.9. The van der Waals surface area contributed by atoms with Gasteiger partial charge in [0.05, 0.1) is 31.4 Å². The highest BCUT2D eigenvalue weighted by atomic mass is 16.6. The quantitative estimate of drug-likeness (QED) is 0.158. The lowest BCUT2D eigenvalue weighted by Crippen LogP contribution is -2.62. The first-order valence-electron chi connectivity index (χ1n) is 17.0. The molecule has 0 heterocycles. The van der Waals surface area contributed by atoms with Crippen LogP contribution in [0.2, 0.25) is 0 Å². The maximum absolute atomic E-state index is 14.2. The fraction of sp³-hybridized carbons (Fsp3) is 0.462. The van der Waals surface area contributed by atoms with E-state index in [9.17, 15) is 24.6 Å². The molecule has 3 amide bonds. The Hall–Kier alpha value is -4.45. The van der Waals surface area contributed by atoms with Crippen molar-refractivity contribution in [1.29, 1.82) is 0 Å². The number of alkyl carbamates (subject to hydrolysis) is 1. The topological polar surface area (TPSA) is 158 Å². The molecule has 0 fully saturated rings. The van der Waals surface area contributed by atoms with Gasteiger partial charge in [-0.05, 0) is 67.0 Å². The number of nitrogens with one attached hydrogen (secondary N) is 4. The Balaban J connectivity index is 1.65. The van der Waals surface area contributed by atoms with E-state index in [-0.39, 0.29) is 13.0 Å². The first kappa shape index (κ1) is 38.4.